The first kappa shape index (κ1) is 12.2. The zero-order valence-electron chi connectivity index (χ0n) is 10.8. The van der Waals surface area contributed by atoms with Gasteiger partial charge in [-0.25, -0.2) is 4.79 Å². The van der Waals surface area contributed by atoms with Gasteiger partial charge in [-0.3, -0.25) is 4.79 Å². The van der Waals surface area contributed by atoms with Gasteiger partial charge in [-0.1, -0.05) is 0 Å². The fourth-order valence-electron chi connectivity index (χ4n) is 4.80. The summed E-state index contributed by atoms with van der Waals surface area (Å²) in [5.41, 5.74) is 4.03. The first-order valence-corrected chi connectivity index (χ1v) is 6.96. The van der Waals surface area contributed by atoms with Gasteiger partial charge in [-0.05, 0) is 62.7 Å². The lowest BCUT2D eigenvalue weighted by Gasteiger charge is -2.54. The Labute approximate surface area is 107 Å². The first-order chi connectivity index (χ1) is 8.39. The van der Waals surface area contributed by atoms with Crippen molar-refractivity contribution >= 4 is 11.8 Å². The molecule has 0 amide bonds. The molecule has 4 rings (SSSR count). The molecule has 0 saturated heterocycles. The molecular weight excluding hydrogens is 230 g/mol. The van der Waals surface area contributed by atoms with Crippen molar-refractivity contribution in [3.8, 4) is 0 Å². The Hall–Kier alpha value is -0.900. The molecule has 4 heteroatoms. The Morgan fingerprint density at radius 3 is 1.89 bits per heavy atom. The number of nitrogens with two attached hydrogens (primary N) is 1. The van der Waals surface area contributed by atoms with Crippen LogP contribution in [-0.2, 0) is 9.59 Å². The lowest BCUT2D eigenvalue weighted by atomic mass is 9.50. The van der Waals surface area contributed by atoms with E-state index in [1.807, 2.05) is 0 Å². The molecule has 0 aliphatic heterocycles. The SMILES string of the molecule is CC(N)(C(=O)O)C(=O)C1C2CC3CC(C2)CC1C3. The second-order valence-electron chi connectivity index (χ2n) is 6.83. The van der Waals surface area contributed by atoms with Crippen LogP contribution < -0.4 is 5.73 Å². The van der Waals surface area contributed by atoms with Crippen molar-refractivity contribution in [3.05, 3.63) is 0 Å². The van der Waals surface area contributed by atoms with Gasteiger partial charge in [0.15, 0.2) is 11.3 Å². The van der Waals surface area contributed by atoms with E-state index in [0.717, 1.165) is 37.5 Å². The van der Waals surface area contributed by atoms with Gasteiger partial charge in [0, 0.05) is 5.92 Å². The predicted octanol–water partition coefficient (Wildman–Crippen LogP) is 1.43. The third-order valence-electron chi connectivity index (χ3n) is 5.49. The van der Waals surface area contributed by atoms with Crippen LogP contribution in [0.25, 0.3) is 0 Å². The van der Waals surface area contributed by atoms with Crippen molar-refractivity contribution in [2.45, 2.75) is 44.6 Å². The monoisotopic (exact) mass is 251 g/mol. The Balaban J connectivity index is 1.85. The molecule has 4 fully saturated rings. The normalized spacial score (nSPS) is 44.7. The number of carbonyl (C=O) groups is 2. The van der Waals surface area contributed by atoms with Crippen LogP contribution in [-0.4, -0.2) is 22.4 Å². The van der Waals surface area contributed by atoms with Crippen LogP contribution in [0.3, 0.4) is 0 Å². The van der Waals surface area contributed by atoms with Crippen molar-refractivity contribution in [2.75, 3.05) is 0 Å². The minimum absolute atomic E-state index is 0.0936. The number of Topliss-reactive ketones (excluding diaryl/α,β-unsaturated/α-hetero) is 1. The molecule has 3 N–H and O–H groups in total. The Morgan fingerprint density at radius 2 is 1.50 bits per heavy atom. The summed E-state index contributed by atoms with van der Waals surface area (Å²) in [6, 6.07) is 0. The van der Waals surface area contributed by atoms with Crippen molar-refractivity contribution < 1.29 is 14.7 Å². The van der Waals surface area contributed by atoms with Crippen LogP contribution in [0.2, 0.25) is 0 Å². The third-order valence-corrected chi connectivity index (χ3v) is 5.49. The molecule has 4 aliphatic carbocycles. The molecule has 0 aromatic heterocycles. The minimum atomic E-state index is -1.71. The summed E-state index contributed by atoms with van der Waals surface area (Å²) in [5.74, 6) is 0.844. The largest absolute Gasteiger partial charge is 0.480 e. The maximum absolute atomic E-state index is 12.5. The fourth-order valence-corrected chi connectivity index (χ4v) is 4.80. The second-order valence-corrected chi connectivity index (χ2v) is 6.83. The zero-order chi connectivity index (χ0) is 13.1. The smallest absolute Gasteiger partial charge is 0.331 e. The van der Waals surface area contributed by atoms with Gasteiger partial charge in [-0.15, -0.1) is 0 Å². The lowest BCUT2D eigenvalue weighted by Crippen LogP contribution is -2.59. The van der Waals surface area contributed by atoms with E-state index in [4.69, 9.17) is 10.8 Å². The van der Waals surface area contributed by atoms with Gasteiger partial charge in [-0.2, -0.15) is 0 Å². The van der Waals surface area contributed by atoms with Crippen LogP contribution in [0.5, 0.6) is 0 Å². The highest BCUT2D eigenvalue weighted by Crippen LogP contribution is 2.57. The van der Waals surface area contributed by atoms with Crippen molar-refractivity contribution in [1.29, 1.82) is 0 Å². The topological polar surface area (TPSA) is 80.4 Å². The van der Waals surface area contributed by atoms with Gasteiger partial charge in [0.2, 0.25) is 0 Å². The molecule has 4 bridgehead atoms. The maximum atomic E-state index is 12.5. The van der Waals surface area contributed by atoms with Gasteiger partial charge in [0.1, 0.15) is 0 Å². The van der Waals surface area contributed by atoms with Crippen molar-refractivity contribution in [3.63, 3.8) is 0 Å². The van der Waals surface area contributed by atoms with Crippen molar-refractivity contribution in [2.24, 2.45) is 35.3 Å². The number of ketones is 1. The van der Waals surface area contributed by atoms with Gasteiger partial charge < -0.3 is 10.8 Å². The Bertz CT molecular complexity index is 374. The molecule has 1 atom stereocenters. The van der Waals surface area contributed by atoms with Crippen LogP contribution >= 0.6 is 0 Å². The molecule has 4 saturated carbocycles. The van der Waals surface area contributed by atoms with E-state index < -0.39 is 11.5 Å². The summed E-state index contributed by atoms with van der Waals surface area (Å²) in [4.78, 5) is 23.6. The molecule has 1 unspecified atom stereocenters. The number of carboxylic acids is 1. The van der Waals surface area contributed by atoms with E-state index in [0.29, 0.717) is 11.8 Å². The maximum Gasteiger partial charge on any atom is 0.331 e. The van der Waals surface area contributed by atoms with Gasteiger partial charge in [0.05, 0.1) is 0 Å². The Morgan fingerprint density at radius 1 is 1.06 bits per heavy atom. The molecule has 0 radical (unpaired) electrons. The fraction of sp³-hybridized carbons (Fsp3) is 0.857. The van der Waals surface area contributed by atoms with Gasteiger partial charge in [0.25, 0.3) is 0 Å². The van der Waals surface area contributed by atoms with E-state index in [-0.39, 0.29) is 11.7 Å². The molecular formula is C14H21NO3. The number of aliphatic carboxylic acids is 1. The molecule has 0 spiro atoms. The van der Waals surface area contributed by atoms with E-state index >= 15 is 0 Å². The van der Waals surface area contributed by atoms with Crippen LogP contribution in [0, 0.1) is 29.6 Å². The predicted molar refractivity (Wildman–Crippen MR) is 65.8 cm³/mol. The van der Waals surface area contributed by atoms with E-state index in [1.54, 1.807) is 0 Å². The number of carboxylic acid groups (broad SMARTS) is 1. The summed E-state index contributed by atoms with van der Waals surface area (Å²) in [5, 5.41) is 9.12. The number of hydrogen-bond donors (Lipinski definition) is 2. The van der Waals surface area contributed by atoms with E-state index in [9.17, 15) is 9.59 Å². The number of carbonyl (C=O) groups excluding carboxylic acids is 1. The minimum Gasteiger partial charge on any atom is -0.480 e. The van der Waals surface area contributed by atoms with E-state index in [1.165, 1.54) is 13.3 Å². The molecule has 0 heterocycles. The van der Waals surface area contributed by atoms with Crippen molar-refractivity contribution in [1.82, 2.24) is 0 Å². The standard InChI is InChI=1S/C14H21NO3/c1-14(15,13(17)18)12(16)11-9-3-7-2-8(5-9)6-10(11)4-7/h7-11H,2-6,15H2,1H3,(H,17,18). The lowest BCUT2D eigenvalue weighted by molar-refractivity contribution is -0.154. The zero-order valence-corrected chi connectivity index (χ0v) is 10.8. The highest BCUT2D eigenvalue weighted by molar-refractivity contribution is 6.08. The van der Waals surface area contributed by atoms with Crippen LogP contribution in [0.1, 0.15) is 39.0 Å². The summed E-state index contributed by atoms with van der Waals surface area (Å²) >= 11 is 0. The highest BCUT2D eigenvalue weighted by Gasteiger charge is 2.54. The number of rotatable bonds is 3. The summed E-state index contributed by atoms with van der Waals surface area (Å²) in [6.45, 7) is 1.35. The quantitative estimate of drug-likeness (QED) is 0.744. The number of hydrogen-bond acceptors (Lipinski definition) is 3. The second kappa shape index (κ2) is 3.80. The van der Waals surface area contributed by atoms with Gasteiger partial charge >= 0.3 is 5.97 Å². The average molecular weight is 251 g/mol. The molecule has 0 aromatic carbocycles. The van der Waals surface area contributed by atoms with E-state index in [2.05, 4.69) is 0 Å². The Kier molecular flexibility index (Phi) is 2.56. The molecule has 4 aliphatic rings. The molecule has 0 aromatic rings. The molecule has 4 nitrogen and oxygen atoms in total. The molecule has 100 valence electrons. The van der Waals surface area contributed by atoms with Crippen LogP contribution in [0.15, 0.2) is 0 Å². The average Bonchev–Trinajstić information content (AvgIpc) is 2.26. The third kappa shape index (κ3) is 1.62. The summed E-state index contributed by atoms with van der Waals surface area (Å²) in [6.07, 6.45) is 5.77. The summed E-state index contributed by atoms with van der Waals surface area (Å²) in [7, 11) is 0. The summed E-state index contributed by atoms with van der Waals surface area (Å²) < 4.78 is 0. The molecule has 18 heavy (non-hydrogen) atoms. The van der Waals surface area contributed by atoms with Crippen LogP contribution in [0.4, 0.5) is 0 Å². The highest BCUT2D eigenvalue weighted by atomic mass is 16.4. The first-order valence-electron chi connectivity index (χ1n) is 6.96.